The fourth-order valence-electron chi connectivity index (χ4n) is 4.17. The quantitative estimate of drug-likeness (QED) is 0.582. The van der Waals surface area contributed by atoms with E-state index in [0.717, 1.165) is 78.1 Å². The van der Waals surface area contributed by atoms with Crippen LogP contribution in [0, 0.1) is 26.7 Å². The average molecular weight is 446 g/mol. The first-order valence-corrected chi connectivity index (χ1v) is 11.5. The van der Waals surface area contributed by atoms with Crippen molar-refractivity contribution in [2.24, 2.45) is 5.92 Å². The first kappa shape index (κ1) is 22.6. The molecule has 0 spiro atoms. The van der Waals surface area contributed by atoms with Gasteiger partial charge in [-0.2, -0.15) is 0 Å². The molecule has 0 radical (unpaired) electrons. The van der Waals surface area contributed by atoms with Crippen LogP contribution < -0.4 is 15.5 Å². The fraction of sp³-hybridized carbons (Fsp3) is 0.400. The predicted octanol–water partition coefficient (Wildman–Crippen LogP) is 4.35. The van der Waals surface area contributed by atoms with Crippen molar-refractivity contribution < 1.29 is 4.79 Å². The summed E-state index contributed by atoms with van der Waals surface area (Å²) in [6, 6.07) is 9.90. The van der Waals surface area contributed by atoms with Crippen LogP contribution in [-0.2, 0) is 11.2 Å². The lowest BCUT2D eigenvalue weighted by Crippen LogP contribution is -2.39. The van der Waals surface area contributed by atoms with Crippen molar-refractivity contribution in [1.29, 1.82) is 0 Å². The fourth-order valence-corrected chi connectivity index (χ4v) is 4.17. The number of nitrogens with one attached hydrogen (secondary N) is 2. The minimum Gasteiger partial charge on any atom is -0.341 e. The summed E-state index contributed by atoms with van der Waals surface area (Å²) in [6.45, 7) is 9.54. The van der Waals surface area contributed by atoms with E-state index in [-0.39, 0.29) is 11.8 Å². The molecule has 3 heterocycles. The van der Waals surface area contributed by atoms with Crippen molar-refractivity contribution in [1.82, 2.24) is 19.9 Å². The van der Waals surface area contributed by atoms with Crippen LogP contribution >= 0.6 is 0 Å². The summed E-state index contributed by atoms with van der Waals surface area (Å²) in [4.78, 5) is 32.8. The standard InChI is InChI=1S/C25H31N7O/c1-5-19-6-7-21(30-23-13-16(2)26-15-27-23)14-22(19)31-24(33)20-8-10-32(11-9-20)25-28-17(3)12-18(4)29-25/h6-7,12-15,20H,5,8-11H2,1-4H3,(H,31,33)(H,26,27,30). The SMILES string of the molecule is CCc1ccc(Nc2cc(C)ncn2)cc1NC(=O)C1CCN(c2nc(C)cc(C)n2)CC1. The second-order valence-corrected chi connectivity index (χ2v) is 8.60. The molecule has 0 atom stereocenters. The first-order chi connectivity index (χ1) is 15.9. The van der Waals surface area contributed by atoms with Gasteiger partial charge in [0.2, 0.25) is 11.9 Å². The molecule has 1 amide bonds. The highest BCUT2D eigenvalue weighted by atomic mass is 16.1. The molecule has 172 valence electrons. The molecule has 2 aromatic heterocycles. The summed E-state index contributed by atoms with van der Waals surface area (Å²) in [6.07, 6.45) is 3.94. The van der Waals surface area contributed by atoms with E-state index in [1.54, 1.807) is 0 Å². The predicted molar refractivity (Wildman–Crippen MR) is 131 cm³/mol. The monoisotopic (exact) mass is 445 g/mol. The van der Waals surface area contributed by atoms with E-state index >= 15 is 0 Å². The molecular formula is C25H31N7O. The number of hydrogen-bond acceptors (Lipinski definition) is 7. The lowest BCUT2D eigenvalue weighted by atomic mass is 9.95. The summed E-state index contributed by atoms with van der Waals surface area (Å²) in [7, 11) is 0. The van der Waals surface area contributed by atoms with Crippen LogP contribution in [0.5, 0.6) is 0 Å². The summed E-state index contributed by atoms with van der Waals surface area (Å²) in [5.74, 6) is 1.53. The average Bonchev–Trinajstić information content (AvgIpc) is 2.79. The van der Waals surface area contributed by atoms with Crippen molar-refractivity contribution >= 4 is 29.0 Å². The molecule has 1 saturated heterocycles. The Labute approximate surface area is 194 Å². The molecule has 0 unspecified atom stereocenters. The molecule has 4 rings (SSSR count). The number of rotatable bonds is 6. The van der Waals surface area contributed by atoms with Gasteiger partial charge in [-0.25, -0.2) is 19.9 Å². The Balaban J connectivity index is 1.41. The summed E-state index contributed by atoms with van der Waals surface area (Å²) >= 11 is 0. The van der Waals surface area contributed by atoms with Gasteiger partial charge < -0.3 is 15.5 Å². The molecule has 3 aromatic rings. The van der Waals surface area contributed by atoms with Gasteiger partial charge in [0.15, 0.2) is 0 Å². The zero-order chi connectivity index (χ0) is 23.4. The van der Waals surface area contributed by atoms with Gasteiger partial charge in [-0.05, 0) is 63.8 Å². The molecule has 1 fully saturated rings. The molecule has 8 heteroatoms. The zero-order valence-corrected chi connectivity index (χ0v) is 19.7. The van der Waals surface area contributed by atoms with Crippen LogP contribution in [0.4, 0.5) is 23.1 Å². The van der Waals surface area contributed by atoms with Crippen molar-refractivity contribution in [3.63, 3.8) is 0 Å². The van der Waals surface area contributed by atoms with E-state index in [2.05, 4.69) is 42.4 Å². The van der Waals surface area contributed by atoms with Gasteiger partial charge >= 0.3 is 0 Å². The number of aryl methyl sites for hydroxylation is 4. The Bertz CT molecular complexity index is 1120. The normalized spacial score (nSPS) is 14.2. The number of benzene rings is 1. The maximum atomic E-state index is 13.1. The van der Waals surface area contributed by atoms with Gasteiger partial charge in [0.25, 0.3) is 0 Å². The summed E-state index contributed by atoms with van der Waals surface area (Å²) in [5.41, 5.74) is 5.66. The molecule has 33 heavy (non-hydrogen) atoms. The minimum atomic E-state index is -0.0296. The highest BCUT2D eigenvalue weighted by molar-refractivity contribution is 5.94. The van der Waals surface area contributed by atoms with Crippen LogP contribution in [0.15, 0.2) is 36.7 Å². The third-order valence-electron chi connectivity index (χ3n) is 5.94. The number of amides is 1. The van der Waals surface area contributed by atoms with Crippen LogP contribution in [0.3, 0.4) is 0 Å². The third kappa shape index (κ3) is 5.63. The molecule has 0 saturated carbocycles. The number of nitrogens with zero attached hydrogens (tertiary/aromatic N) is 5. The maximum Gasteiger partial charge on any atom is 0.227 e. The molecule has 8 nitrogen and oxygen atoms in total. The Morgan fingerprint density at radius 2 is 1.73 bits per heavy atom. The van der Waals surface area contributed by atoms with Gasteiger partial charge in [-0.3, -0.25) is 4.79 Å². The Morgan fingerprint density at radius 1 is 1.00 bits per heavy atom. The number of anilines is 4. The van der Waals surface area contributed by atoms with Crippen molar-refractivity contribution in [3.8, 4) is 0 Å². The zero-order valence-electron chi connectivity index (χ0n) is 19.7. The van der Waals surface area contributed by atoms with Gasteiger partial charge in [0.1, 0.15) is 12.1 Å². The first-order valence-electron chi connectivity index (χ1n) is 11.5. The lowest BCUT2D eigenvalue weighted by molar-refractivity contribution is -0.120. The van der Waals surface area contributed by atoms with Crippen LogP contribution in [0.1, 0.15) is 42.4 Å². The van der Waals surface area contributed by atoms with Crippen molar-refractivity contribution in [2.45, 2.75) is 47.0 Å². The van der Waals surface area contributed by atoms with Crippen LogP contribution in [0.25, 0.3) is 0 Å². The summed E-state index contributed by atoms with van der Waals surface area (Å²) < 4.78 is 0. The molecule has 1 aromatic carbocycles. The molecular weight excluding hydrogens is 414 g/mol. The van der Waals surface area contributed by atoms with Crippen LogP contribution in [0.2, 0.25) is 0 Å². The highest BCUT2D eigenvalue weighted by Gasteiger charge is 2.27. The number of hydrogen-bond donors (Lipinski definition) is 2. The van der Waals surface area contributed by atoms with Crippen molar-refractivity contribution in [2.75, 3.05) is 28.6 Å². The van der Waals surface area contributed by atoms with E-state index in [1.165, 1.54) is 6.33 Å². The molecule has 2 N–H and O–H groups in total. The second-order valence-electron chi connectivity index (χ2n) is 8.60. The Morgan fingerprint density at radius 3 is 2.39 bits per heavy atom. The molecule has 0 aliphatic carbocycles. The lowest BCUT2D eigenvalue weighted by Gasteiger charge is -2.31. The van der Waals surface area contributed by atoms with E-state index in [0.29, 0.717) is 0 Å². The van der Waals surface area contributed by atoms with Crippen molar-refractivity contribution in [3.05, 3.63) is 59.3 Å². The van der Waals surface area contributed by atoms with Crippen LogP contribution in [-0.4, -0.2) is 38.9 Å². The van der Waals surface area contributed by atoms with Gasteiger partial charge in [-0.15, -0.1) is 0 Å². The third-order valence-corrected chi connectivity index (χ3v) is 5.94. The Hall–Kier alpha value is -3.55. The highest BCUT2D eigenvalue weighted by Crippen LogP contribution is 2.27. The largest absolute Gasteiger partial charge is 0.341 e. The van der Waals surface area contributed by atoms with E-state index in [4.69, 9.17) is 0 Å². The number of carbonyl (C=O) groups is 1. The Kier molecular flexibility index (Phi) is 6.82. The number of aromatic nitrogens is 4. The second kappa shape index (κ2) is 9.94. The van der Waals surface area contributed by atoms with Gasteiger partial charge in [0, 0.05) is 53.5 Å². The van der Waals surface area contributed by atoms with E-state index in [1.807, 2.05) is 51.1 Å². The molecule has 1 aliphatic rings. The maximum absolute atomic E-state index is 13.1. The molecule has 1 aliphatic heterocycles. The van der Waals surface area contributed by atoms with Gasteiger partial charge in [-0.1, -0.05) is 13.0 Å². The van der Waals surface area contributed by atoms with E-state index in [9.17, 15) is 4.79 Å². The minimum absolute atomic E-state index is 0.0296. The molecule has 0 bridgehead atoms. The van der Waals surface area contributed by atoms with E-state index < -0.39 is 0 Å². The number of piperidine rings is 1. The topological polar surface area (TPSA) is 95.9 Å². The number of carbonyl (C=O) groups excluding carboxylic acids is 1. The smallest absolute Gasteiger partial charge is 0.227 e. The van der Waals surface area contributed by atoms with Gasteiger partial charge in [0.05, 0.1) is 0 Å². The summed E-state index contributed by atoms with van der Waals surface area (Å²) in [5, 5.41) is 6.48.